The molecule has 19 heavy (non-hydrogen) atoms. The molecule has 0 fully saturated rings. The van der Waals surface area contributed by atoms with E-state index in [2.05, 4.69) is 17.1 Å². The molecule has 0 aliphatic carbocycles. The van der Waals surface area contributed by atoms with Crippen LogP contribution in [-0.2, 0) is 11.2 Å². The van der Waals surface area contributed by atoms with Crippen molar-refractivity contribution in [2.24, 2.45) is 5.84 Å². The van der Waals surface area contributed by atoms with Crippen LogP contribution in [0.2, 0.25) is 0 Å². The van der Waals surface area contributed by atoms with Gasteiger partial charge >= 0.3 is 6.18 Å². The molecule has 3 nitrogen and oxygen atoms in total. The number of hydrogen-bond donors (Lipinski definition) is 2. The third-order valence-corrected chi connectivity index (χ3v) is 2.67. The number of hydrazine groups is 1. The lowest BCUT2D eigenvalue weighted by molar-refractivity contribution is -0.175. The number of halogens is 3. The summed E-state index contributed by atoms with van der Waals surface area (Å²) in [6, 6.07) is 7.16. The molecule has 1 atom stereocenters. The Hall–Kier alpha value is -1.11. The van der Waals surface area contributed by atoms with Crippen molar-refractivity contribution in [3.05, 3.63) is 35.4 Å². The van der Waals surface area contributed by atoms with Crippen LogP contribution in [0.1, 0.15) is 30.5 Å². The summed E-state index contributed by atoms with van der Waals surface area (Å²) in [4.78, 5) is 0. The lowest BCUT2D eigenvalue weighted by Crippen LogP contribution is -2.32. The molecule has 0 aliphatic rings. The van der Waals surface area contributed by atoms with E-state index >= 15 is 0 Å². The molecule has 0 radical (unpaired) electrons. The summed E-state index contributed by atoms with van der Waals surface area (Å²) in [5.74, 6) is 5.34. The molecule has 0 bridgehead atoms. The molecule has 6 heteroatoms. The Morgan fingerprint density at radius 2 is 1.89 bits per heavy atom. The first-order valence-electron chi connectivity index (χ1n) is 6.15. The van der Waals surface area contributed by atoms with Gasteiger partial charge in [0.15, 0.2) is 0 Å². The maximum atomic E-state index is 12.0. The van der Waals surface area contributed by atoms with Crippen LogP contribution in [0.25, 0.3) is 0 Å². The minimum atomic E-state index is -4.32. The van der Waals surface area contributed by atoms with Gasteiger partial charge in [-0.25, -0.2) is 0 Å². The van der Waals surface area contributed by atoms with E-state index in [4.69, 9.17) is 5.84 Å². The van der Waals surface area contributed by atoms with Gasteiger partial charge in [0.05, 0.1) is 12.6 Å². The first-order valence-corrected chi connectivity index (χ1v) is 6.15. The molecule has 0 amide bonds. The summed E-state index contributed by atoms with van der Waals surface area (Å²) >= 11 is 0. The Labute approximate surface area is 110 Å². The Kier molecular flexibility index (Phi) is 6.27. The highest BCUT2D eigenvalue weighted by Crippen LogP contribution is 2.18. The number of benzene rings is 1. The first-order chi connectivity index (χ1) is 8.96. The number of hydrogen-bond acceptors (Lipinski definition) is 3. The molecular formula is C13H19F3N2O. The van der Waals surface area contributed by atoms with Crippen molar-refractivity contribution in [1.29, 1.82) is 0 Å². The second-order valence-electron chi connectivity index (χ2n) is 4.34. The molecule has 3 N–H and O–H groups in total. The third-order valence-electron chi connectivity index (χ3n) is 2.67. The largest absolute Gasteiger partial charge is 0.411 e. The van der Waals surface area contributed by atoms with Crippen LogP contribution < -0.4 is 11.3 Å². The predicted octanol–water partition coefficient (Wildman–Crippen LogP) is 2.72. The average molecular weight is 276 g/mol. The highest BCUT2D eigenvalue weighted by Gasteiger charge is 2.28. The van der Waals surface area contributed by atoms with E-state index in [9.17, 15) is 13.2 Å². The zero-order valence-corrected chi connectivity index (χ0v) is 10.8. The summed E-state index contributed by atoms with van der Waals surface area (Å²) in [7, 11) is 0. The molecule has 0 saturated carbocycles. The van der Waals surface area contributed by atoms with Gasteiger partial charge in [-0.05, 0) is 17.5 Å². The maximum absolute atomic E-state index is 12.0. The zero-order chi connectivity index (χ0) is 14.3. The normalized spacial score (nSPS) is 13.5. The summed E-state index contributed by atoms with van der Waals surface area (Å²) in [6.07, 6.45) is -2.29. The average Bonchev–Trinajstić information content (AvgIpc) is 2.35. The Bertz CT molecular complexity index is 365. The minimum Gasteiger partial charge on any atom is -0.370 e. The topological polar surface area (TPSA) is 47.3 Å². The smallest absolute Gasteiger partial charge is 0.370 e. The molecule has 0 aromatic heterocycles. The van der Waals surface area contributed by atoms with Crippen molar-refractivity contribution in [2.75, 3.05) is 13.2 Å². The molecule has 0 spiro atoms. The maximum Gasteiger partial charge on any atom is 0.411 e. The van der Waals surface area contributed by atoms with Crippen LogP contribution in [0.15, 0.2) is 24.3 Å². The Morgan fingerprint density at radius 1 is 1.26 bits per heavy atom. The van der Waals surface area contributed by atoms with Gasteiger partial charge in [0.1, 0.15) is 6.61 Å². The van der Waals surface area contributed by atoms with E-state index < -0.39 is 18.8 Å². The molecule has 1 unspecified atom stereocenters. The van der Waals surface area contributed by atoms with Gasteiger partial charge < -0.3 is 4.74 Å². The van der Waals surface area contributed by atoms with Crippen molar-refractivity contribution in [2.45, 2.75) is 32.0 Å². The third kappa shape index (κ3) is 6.04. The number of nitrogens with one attached hydrogen (secondary N) is 1. The highest BCUT2D eigenvalue weighted by atomic mass is 19.4. The van der Waals surface area contributed by atoms with E-state index in [0.717, 1.165) is 18.4 Å². The van der Waals surface area contributed by atoms with Gasteiger partial charge in [-0.2, -0.15) is 13.2 Å². The standard InChI is InChI=1S/C13H19F3N2O/c1-2-3-10-4-6-11(7-5-10)12(18-17)8-19-9-13(14,15)16/h4-7,12,18H,2-3,8-9,17H2,1H3. The van der Waals surface area contributed by atoms with Crippen molar-refractivity contribution in [3.8, 4) is 0 Å². The van der Waals surface area contributed by atoms with Crippen LogP contribution in [-0.4, -0.2) is 19.4 Å². The van der Waals surface area contributed by atoms with Crippen LogP contribution in [0.4, 0.5) is 13.2 Å². The molecular weight excluding hydrogens is 257 g/mol. The minimum absolute atomic E-state index is 0.122. The van der Waals surface area contributed by atoms with E-state index in [0.29, 0.717) is 0 Å². The van der Waals surface area contributed by atoms with Gasteiger partial charge in [0.2, 0.25) is 0 Å². The lowest BCUT2D eigenvalue weighted by Gasteiger charge is -2.17. The lowest BCUT2D eigenvalue weighted by atomic mass is 10.0. The molecule has 1 aromatic carbocycles. The summed E-state index contributed by atoms with van der Waals surface area (Å²) in [5, 5.41) is 0. The Morgan fingerprint density at radius 3 is 2.37 bits per heavy atom. The van der Waals surface area contributed by atoms with Crippen LogP contribution in [0.5, 0.6) is 0 Å². The van der Waals surface area contributed by atoms with E-state index in [1.165, 1.54) is 5.56 Å². The van der Waals surface area contributed by atoms with Gasteiger partial charge in [0.25, 0.3) is 0 Å². The van der Waals surface area contributed by atoms with Gasteiger partial charge in [-0.1, -0.05) is 37.6 Å². The summed E-state index contributed by atoms with van der Waals surface area (Å²) in [5.41, 5.74) is 4.47. The first kappa shape index (κ1) is 15.9. The number of aryl methyl sites for hydroxylation is 1. The molecule has 0 heterocycles. The predicted molar refractivity (Wildman–Crippen MR) is 67.4 cm³/mol. The fraction of sp³-hybridized carbons (Fsp3) is 0.538. The molecule has 1 aromatic rings. The molecule has 0 saturated heterocycles. The zero-order valence-electron chi connectivity index (χ0n) is 10.8. The second-order valence-corrected chi connectivity index (χ2v) is 4.34. The number of nitrogens with two attached hydrogens (primary N) is 1. The molecule has 1 rings (SSSR count). The van der Waals surface area contributed by atoms with Gasteiger partial charge in [-0.3, -0.25) is 11.3 Å². The SMILES string of the molecule is CCCc1ccc(C(COCC(F)(F)F)NN)cc1. The summed E-state index contributed by atoms with van der Waals surface area (Å²) in [6.45, 7) is 0.700. The van der Waals surface area contributed by atoms with Gasteiger partial charge in [-0.15, -0.1) is 0 Å². The molecule has 0 aliphatic heterocycles. The van der Waals surface area contributed by atoms with Crippen LogP contribution in [0.3, 0.4) is 0 Å². The van der Waals surface area contributed by atoms with Crippen molar-refractivity contribution in [3.63, 3.8) is 0 Å². The number of rotatable bonds is 7. The monoisotopic (exact) mass is 276 g/mol. The molecule has 108 valence electrons. The van der Waals surface area contributed by atoms with E-state index in [1.54, 1.807) is 0 Å². The van der Waals surface area contributed by atoms with E-state index in [-0.39, 0.29) is 6.61 Å². The van der Waals surface area contributed by atoms with Crippen molar-refractivity contribution < 1.29 is 17.9 Å². The fourth-order valence-corrected chi connectivity index (χ4v) is 1.74. The van der Waals surface area contributed by atoms with Crippen LogP contribution in [0, 0.1) is 0 Å². The van der Waals surface area contributed by atoms with Crippen molar-refractivity contribution in [1.82, 2.24) is 5.43 Å². The Balaban J connectivity index is 2.54. The highest BCUT2D eigenvalue weighted by molar-refractivity contribution is 5.25. The quantitative estimate of drug-likeness (QED) is 0.594. The second kappa shape index (κ2) is 7.47. The van der Waals surface area contributed by atoms with Crippen LogP contribution >= 0.6 is 0 Å². The summed E-state index contributed by atoms with van der Waals surface area (Å²) < 4.78 is 40.5. The number of alkyl halides is 3. The van der Waals surface area contributed by atoms with E-state index in [1.807, 2.05) is 24.3 Å². The number of ether oxygens (including phenoxy) is 1. The van der Waals surface area contributed by atoms with Crippen molar-refractivity contribution >= 4 is 0 Å². The fourth-order valence-electron chi connectivity index (χ4n) is 1.74. The van der Waals surface area contributed by atoms with Gasteiger partial charge in [0, 0.05) is 0 Å².